The molecule has 6 aromatic carbocycles. The van der Waals surface area contributed by atoms with Crippen LogP contribution in [0, 0.1) is 20.8 Å². The third kappa shape index (κ3) is 8.36. The van der Waals surface area contributed by atoms with Crippen molar-refractivity contribution in [1.82, 2.24) is 9.97 Å². The van der Waals surface area contributed by atoms with Crippen LogP contribution in [-0.4, -0.2) is 9.97 Å². The second-order valence-corrected chi connectivity index (χ2v) is 11.3. The number of hydrogen-bond acceptors (Lipinski definition) is 2. The van der Waals surface area contributed by atoms with Crippen LogP contribution in [0.15, 0.2) is 164 Å². The zero-order valence-corrected chi connectivity index (χ0v) is 28.0. The van der Waals surface area contributed by atoms with Crippen molar-refractivity contribution in [1.29, 1.82) is 0 Å². The van der Waals surface area contributed by atoms with Crippen molar-refractivity contribution in [3.05, 3.63) is 180 Å². The molecule has 0 radical (unpaired) electrons. The maximum absolute atomic E-state index is 4.94. The first-order chi connectivity index (χ1) is 23.0. The summed E-state index contributed by atoms with van der Waals surface area (Å²) in [4.78, 5) is 9.82. The Morgan fingerprint density at radius 2 is 0.787 bits per heavy atom. The average molecular weight is 611 g/mol. The SMILES string of the molecule is CC.Cc1ccc(-c2cccc(-c3cc(-c4ccccc4)nc(-c4ccccc4)n3)c2)cc1.Cc1ccccc1-c1ccccc1C. The van der Waals surface area contributed by atoms with E-state index in [1.54, 1.807) is 0 Å². The summed E-state index contributed by atoms with van der Waals surface area (Å²) in [6.45, 7) is 10.4. The highest BCUT2D eigenvalue weighted by molar-refractivity contribution is 5.76. The van der Waals surface area contributed by atoms with Crippen LogP contribution in [0.25, 0.3) is 56.2 Å². The van der Waals surface area contributed by atoms with Gasteiger partial charge in [-0.25, -0.2) is 9.97 Å². The van der Waals surface area contributed by atoms with Gasteiger partial charge in [-0.2, -0.15) is 0 Å². The number of nitrogens with zero attached hydrogens (tertiary/aromatic N) is 2. The zero-order valence-electron chi connectivity index (χ0n) is 28.0. The standard InChI is InChI=1S/C29H22N2.C14H14.C2H6/c1-21-15-17-22(18-16-21)25-13-8-14-26(19-25)28-20-27(23-9-4-2-5-10-23)30-29(31-28)24-11-6-3-7-12-24;1-11-7-3-5-9-13(11)14-10-6-4-8-12(14)2;1-2/h2-20H,1H3;3-10H,1-2H3;1-2H3. The Bertz CT molecular complexity index is 1910. The maximum Gasteiger partial charge on any atom is 0.160 e. The number of aromatic nitrogens is 2. The molecule has 0 aliphatic heterocycles. The lowest BCUT2D eigenvalue weighted by Crippen LogP contribution is -1.96. The molecule has 0 atom stereocenters. The average Bonchev–Trinajstić information content (AvgIpc) is 3.14. The van der Waals surface area contributed by atoms with Crippen molar-refractivity contribution in [3.8, 4) is 56.2 Å². The highest BCUT2D eigenvalue weighted by Gasteiger charge is 2.11. The van der Waals surface area contributed by atoms with Gasteiger partial charge in [0.15, 0.2) is 5.82 Å². The summed E-state index contributed by atoms with van der Waals surface area (Å²) < 4.78 is 0. The lowest BCUT2D eigenvalue weighted by molar-refractivity contribution is 1.18. The molecule has 0 N–H and O–H groups in total. The highest BCUT2D eigenvalue weighted by atomic mass is 14.9. The van der Waals surface area contributed by atoms with Crippen LogP contribution < -0.4 is 0 Å². The Morgan fingerprint density at radius 1 is 0.340 bits per heavy atom. The molecule has 2 heteroatoms. The monoisotopic (exact) mass is 610 g/mol. The van der Waals surface area contributed by atoms with E-state index in [1.807, 2.05) is 50.2 Å². The Kier molecular flexibility index (Phi) is 11.2. The lowest BCUT2D eigenvalue weighted by atomic mass is 9.97. The molecule has 0 saturated heterocycles. The van der Waals surface area contributed by atoms with Gasteiger partial charge in [-0.05, 0) is 66.3 Å². The number of aryl methyl sites for hydroxylation is 3. The predicted molar refractivity (Wildman–Crippen MR) is 201 cm³/mol. The number of rotatable bonds is 5. The summed E-state index contributed by atoms with van der Waals surface area (Å²) in [6.07, 6.45) is 0. The van der Waals surface area contributed by atoms with Gasteiger partial charge in [0.2, 0.25) is 0 Å². The lowest BCUT2D eigenvalue weighted by Gasteiger charge is -2.10. The molecule has 0 amide bonds. The van der Waals surface area contributed by atoms with Gasteiger partial charge in [0, 0.05) is 16.7 Å². The van der Waals surface area contributed by atoms with Crippen LogP contribution in [0.5, 0.6) is 0 Å². The molecule has 7 aromatic rings. The summed E-state index contributed by atoms with van der Waals surface area (Å²) in [7, 11) is 0. The fourth-order valence-electron chi connectivity index (χ4n) is 5.42. The van der Waals surface area contributed by atoms with Gasteiger partial charge in [0.05, 0.1) is 11.4 Å². The molecular formula is C45H42N2. The minimum Gasteiger partial charge on any atom is -0.228 e. The van der Waals surface area contributed by atoms with Gasteiger partial charge in [0.1, 0.15) is 0 Å². The van der Waals surface area contributed by atoms with E-state index in [9.17, 15) is 0 Å². The van der Waals surface area contributed by atoms with Crippen molar-refractivity contribution in [3.63, 3.8) is 0 Å². The molecule has 1 heterocycles. The topological polar surface area (TPSA) is 25.8 Å². The minimum atomic E-state index is 0.734. The Labute approximate surface area is 280 Å². The highest BCUT2D eigenvalue weighted by Crippen LogP contribution is 2.30. The van der Waals surface area contributed by atoms with Gasteiger partial charge in [-0.3, -0.25) is 0 Å². The van der Waals surface area contributed by atoms with Crippen molar-refractivity contribution in [2.45, 2.75) is 34.6 Å². The summed E-state index contributed by atoms with van der Waals surface area (Å²) >= 11 is 0. The normalized spacial score (nSPS) is 10.2. The first kappa shape index (κ1) is 32.8. The molecule has 0 aliphatic carbocycles. The van der Waals surface area contributed by atoms with E-state index in [-0.39, 0.29) is 0 Å². The summed E-state index contributed by atoms with van der Waals surface area (Å²) in [5.74, 6) is 0.734. The van der Waals surface area contributed by atoms with Gasteiger partial charge in [0.25, 0.3) is 0 Å². The molecule has 47 heavy (non-hydrogen) atoms. The van der Waals surface area contributed by atoms with Crippen LogP contribution in [0.3, 0.4) is 0 Å². The third-order valence-electron chi connectivity index (χ3n) is 7.95. The van der Waals surface area contributed by atoms with Gasteiger partial charge >= 0.3 is 0 Å². The maximum atomic E-state index is 4.94. The molecular weight excluding hydrogens is 569 g/mol. The summed E-state index contributed by atoms with van der Waals surface area (Å²) in [6, 6.07) is 56.7. The van der Waals surface area contributed by atoms with Crippen molar-refractivity contribution in [2.75, 3.05) is 0 Å². The second kappa shape index (κ2) is 16.1. The van der Waals surface area contributed by atoms with Gasteiger partial charge < -0.3 is 0 Å². The largest absolute Gasteiger partial charge is 0.228 e. The van der Waals surface area contributed by atoms with E-state index < -0.39 is 0 Å². The molecule has 0 unspecified atom stereocenters. The van der Waals surface area contributed by atoms with E-state index in [0.29, 0.717) is 0 Å². The Balaban J connectivity index is 0.000000226. The second-order valence-electron chi connectivity index (χ2n) is 11.3. The Hall–Kier alpha value is -5.60. The van der Waals surface area contributed by atoms with Crippen molar-refractivity contribution >= 4 is 0 Å². The first-order valence-corrected chi connectivity index (χ1v) is 16.3. The molecule has 0 fully saturated rings. The summed E-state index contributed by atoms with van der Waals surface area (Å²) in [5, 5.41) is 0. The smallest absolute Gasteiger partial charge is 0.160 e. The molecule has 0 aliphatic rings. The predicted octanol–water partition coefficient (Wildman–Crippen LogP) is 12.4. The van der Waals surface area contributed by atoms with E-state index in [1.165, 1.54) is 38.9 Å². The molecule has 232 valence electrons. The fourth-order valence-corrected chi connectivity index (χ4v) is 5.42. The third-order valence-corrected chi connectivity index (χ3v) is 7.95. The van der Waals surface area contributed by atoms with Gasteiger partial charge in [-0.1, -0.05) is 171 Å². The van der Waals surface area contributed by atoms with E-state index in [4.69, 9.17) is 9.97 Å². The van der Waals surface area contributed by atoms with Crippen LogP contribution >= 0.6 is 0 Å². The van der Waals surface area contributed by atoms with Crippen molar-refractivity contribution < 1.29 is 0 Å². The Morgan fingerprint density at radius 3 is 1.34 bits per heavy atom. The quantitative estimate of drug-likeness (QED) is 0.194. The van der Waals surface area contributed by atoms with Crippen LogP contribution in [0.4, 0.5) is 0 Å². The summed E-state index contributed by atoms with van der Waals surface area (Å²) in [5.41, 5.74) is 14.0. The first-order valence-electron chi connectivity index (χ1n) is 16.3. The zero-order chi connectivity index (χ0) is 33.0. The van der Waals surface area contributed by atoms with Crippen molar-refractivity contribution in [2.24, 2.45) is 0 Å². The molecule has 0 spiro atoms. The van der Waals surface area contributed by atoms with Gasteiger partial charge in [-0.15, -0.1) is 0 Å². The minimum absolute atomic E-state index is 0.734. The molecule has 7 rings (SSSR count). The van der Waals surface area contributed by atoms with E-state index in [2.05, 4.69) is 148 Å². The van der Waals surface area contributed by atoms with Crippen LogP contribution in [-0.2, 0) is 0 Å². The molecule has 0 bridgehead atoms. The molecule has 0 saturated carbocycles. The number of hydrogen-bond donors (Lipinski definition) is 0. The number of benzene rings is 6. The molecule has 2 nitrogen and oxygen atoms in total. The molecule has 1 aromatic heterocycles. The van der Waals surface area contributed by atoms with E-state index >= 15 is 0 Å². The van der Waals surface area contributed by atoms with Crippen LogP contribution in [0.1, 0.15) is 30.5 Å². The van der Waals surface area contributed by atoms with E-state index in [0.717, 1.165) is 33.9 Å². The fraction of sp³-hybridized carbons (Fsp3) is 0.111. The van der Waals surface area contributed by atoms with Crippen LogP contribution in [0.2, 0.25) is 0 Å².